The lowest BCUT2D eigenvalue weighted by molar-refractivity contribution is -0.134. The van der Waals surface area contributed by atoms with Gasteiger partial charge < -0.3 is 9.46 Å². The van der Waals surface area contributed by atoms with Crippen LogP contribution in [0.1, 0.15) is 18.9 Å². The molecular formula is C16H17NO3S. The summed E-state index contributed by atoms with van der Waals surface area (Å²) in [5, 5.41) is 0. The molecule has 1 unspecified atom stereocenters. The van der Waals surface area contributed by atoms with Crippen LogP contribution in [-0.2, 0) is 15.8 Å². The molecule has 4 nitrogen and oxygen atoms in total. The van der Waals surface area contributed by atoms with E-state index in [1.807, 2.05) is 31.2 Å². The first-order chi connectivity index (χ1) is 10.1. The fourth-order valence-corrected chi connectivity index (χ4v) is 2.47. The lowest BCUT2D eigenvalue weighted by Gasteiger charge is -2.07. The van der Waals surface area contributed by atoms with Crippen LogP contribution >= 0.6 is 0 Å². The topological polar surface area (TPSA) is 55.4 Å². The van der Waals surface area contributed by atoms with Crippen molar-refractivity contribution in [3.8, 4) is 5.75 Å². The molecular weight excluding hydrogens is 286 g/mol. The Labute approximate surface area is 126 Å². The van der Waals surface area contributed by atoms with E-state index in [0.717, 1.165) is 5.56 Å². The summed E-state index contributed by atoms with van der Waals surface area (Å²) >= 11 is 0. The first-order valence-electron chi connectivity index (χ1n) is 6.64. The van der Waals surface area contributed by atoms with Gasteiger partial charge in [0.05, 0.1) is 4.90 Å². The molecule has 0 fully saturated rings. The molecule has 0 heterocycles. The molecule has 0 amide bonds. The van der Waals surface area contributed by atoms with Crippen LogP contribution < -0.4 is 9.46 Å². The average molecular weight is 303 g/mol. The predicted octanol–water partition coefficient (Wildman–Crippen LogP) is 3.45. The highest BCUT2D eigenvalue weighted by atomic mass is 32.2. The zero-order valence-electron chi connectivity index (χ0n) is 12.0. The van der Waals surface area contributed by atoms with E-state index in [4.69, 9.17) is 4.74 Å². The monoisotopic (exact) mass is 303 g/mol. The molecule has 1 N–H and O–H groups in total. The number of hydrogen-bond acceptors (Lipinski definition) is 3. The Kier molecular flexibility index (Phi) is 5.11. The summed E-state index contributed by atoms with van der Waals surface area (Å²) in [6.07, 6.45) is 0.331. The minimum Gasteiger partial charge on any atom is -0.427 e. The molecule has 0 aliphatic heterocycles. The van der Waals surface area contributed by atoms with Gasteiger partial charge in [-0.3, -0.25) is 4.79 Å². The lowest BCUT2D eigenvalue weighted by Crippen LogP contribution is -2.06. The van der Waals surface area contributed by atoms with Crippen molar-refractivity contribution in [2.45, 2.75) is 25.2 Å². The van der Waals surface area contributed by atoms with Crippen LogP contribution in [0.5, 0.6) is 5.75 Å². The largest absolute Gasteiger partial charge is 0.427 e. The van der Waals surface area contributed by atoms with Crippen LogP contribution in [-0.4, -0.2) is 10.2 Å². The third-order valence-corrected chi connectivity index (χ3v) is 3.94. The molecule has 0 aliphatic rings. The van der Waals surface area contributed by atoms with Gasteiger partial charge in [0.1, 0.15) is 16.7 Å². The number of aryl methyl sites for hydroxylation is 1. The molecule has 2 aromatic carbocycles. The van der Waals surface area contributed by atoms with E-state index in [2.05, 4.69) is 4.72 Å². The molecule has 110 valence electrons. The molecule has 0 bridgehead atoms. The molecule has 2 aromatic rings. The van der Waals surface area contributed by atoms with Gasteiger partial charge in [-0.1, -0.05) is 24.6 Å². The van der Waals surface area contributed by atoms with E-state index in [-0.39, 0.29) is 5.97 Å². The minimum atomic E-state index is -1.32. The smallest absolute Gasteiger partial charge is 0.310 e. The van der Waals surface area contributed by atoms with Gasteiger partial charge in [0, 0.05) is 12.1 Å². The van der Waals surface area contributed by atoms with Crippen LogP contribution in [0, 0.1) is 6.92 Å². The van der Waals surface area contributed by atoms with E-state index >= 15 is 0 Å². The first-order valence-corrected chi connectivity index (χ1v) is 7.79. The number of anilines is 1. The van der Waals surface area contributed by atoms with Gasteiger partial charge in [0.15, 0.2) is 0 Å². The number of carbonyl (C=O) groups is 1. The molecule has 21 heavy (non-hydrogen) atoms. The van der Waals surface area contributed by atoms with Crippen molar-refractivity contribution in [3.63, 3.8) is 0 Å². The zero-order valence-corrected chi connectivity index (χ0v) is 12.8. The molecule has 5 heteroatoms. The predicted molar refractivity (Wildman–Crippen MR) is 83.6 cm³/mol. The second-order valence-electron chi connectivity index (χ2n) is 4.54. The zero-order chi connectivity index (χ0) is 15.2. The SMILES string of the molecule is CCC(=O)Oc1ccc(NS(=O)c2ccc(C)cc2)cc1. The maximum Gasteiger partial charge on any atom is 0.310 e. The van der Waals surface area contributed by atoms with Gasteiger partial charge in [0.25, 0.3) is 0 Å². The minimum absolute atomic E-state index is 0.279. The van der Waals surface area contributed by atoms with Crippen molar-refractivity contribution in [3.05, 3.63) is 54.1 Å². The van der Waals surface area contributed by atoms with Gasteiger partial charge in [-0.2, -0.15) is 0 Å². The second-order valence-corrected chi connectivity index (χ2v) is 5.75. The Balaban J connectivity index is 2.01. The molecule has 0 aromatic heterocycles. The van der Waals surface area contributed by atoms with Crippen LogP contribution in [0.15, 0.2) is 53.4 Å². The third-order valence-electron chi connectivity index (χ3n) is 2.82. The summed E-state index contributed by atoms with van der Waals surface area (Å²) in [4.78, 5) is 11.9. The van der Waals surface area contributed by atoms with Crippen molar-refractivity contribution in [1.29, 1.82) is 0 Å². The number of ether oxygens (including phenoxy) is 1. The maximum atomic E-state index is 12.1. The number of rotatable bonds is 5. The third kappa shape index (κ3) is 4.43. The van der Waals surface area contributed by atoms with Gasteiger partial charge in [-0.05, 0) is 43.3 Å². The van der Waals surface area contributed by atoms with Crippen molar-refractivity contribution in [1.82, 2.24) is 0 Å². The van der Waals surface area contributed by atoms with Gasteiger partial charge in [0.2, 0.25) is 0 Å². The average Bonchev–Trinajstić information content (AvgIpc) is 2.49. The maximum absolute atomic E-state index is 12.1. The van der Waals surface area contributed by atoms with E-state index < -0.39 is 11.0 Å². The fraction of sp³-hybridized carbons (Fsp3) is 0.188. The standard InChI is InChI=1S/C16H17NO3S/c1-3-16(18)20-14-8-6-13(7-9-14)17-21(19)15-10-4-12(2)5-11-15/h4-11,17H,3H2,1-2H3. The van der Waals surface area contributed by atoms with Gasteiger partial charge >= 0.3 is 5.97 Å². The fourth-order valence-electron chi connectivity index (χ4n) is 1.62. The molecule has 0 saturated heterocycles. The van der Waals surface area contributed by atoms with E-state index in [9.17, 15) is 9.00 Å². The highest BCUT2D eigenvalue weighted by molar-refractivity contribution is 7.86. The van der Waals surface area contributed by atoms with Crippen LogP contribution in [0.25, 0.3) is 0 Å². The number of nitrogens with one attached hydrogen (secondary N) is 1. The first kappa shape index (κ1) is 15.3. The number of benzene rings is 2. The quantitative estimate of drug-likeness (QED) is 0.680. The lowest BCUT2D eigenvalue weighted by atomic mass is 10.2. The molecule has 2 rings (SSSR count). The van der Waals surface area contributed by atoms with E-state index in [1.165, 1.54) is 0 Å². The van der Waals surface area contributed by atoms with Crippen molar-refractivity contribution in [2.24, 2.45) is 0 Å². The Morgan fingerprint density at radius 3 is 2.29 bits per heavy atom. The van der Waals surface area contributed by atoms with Crippen molar-refractivity contribution in [2.75, 3.05) is 4.72 Å². The Morgan fingerprint density at radius 1 is 1.10 bits per heavy atom. The summed E-state index contributed by atoms with van der Waals surface area (Å²) in [7, 11) is -1.32. The van der Waals surface area contributed by atoms with E-state index in [0.29, 0.717) is 22.8 Å². The van der Waals surface area contributed by atoms with Gasteiger partial charge in [-0.15, -0.1) is 0 Å². The summed E-state index contributed by atoms with van der Waals surface area (Å²) in [5.74, 6) is 0.201. The highest BCUT2D eigenvalue weighted by Gasteiger charge is 2.05. The molecule has 1 atom stereocenters. The molecule has 0 saturated carbocycles. The van der Waals surface area contributed by atoms with Crippen LogP contribution in [0.4, 0.5) is 5.69 Å². The number of hydrogen-bond donors (Lipinski definition) is 1. The van der Waals surface area contributed by atoms with Crippen molar-refractivity contribution >= 4 is 22.6 Å². The molecule has 0 radical (unpaired) electrons. The second kappa shape index (κ2) is 7.04. The normalized spacial score (nSPS) is 11.7. The Bertz CT molecular complexity index is 636. The van der Waals surface area contributed by atoms with Crippen LogP contribution in [0.2, 0.25) is 0 Å². The Hall–Kier alpha value is -2.14. The summed E-state index contributed by atoms with van der Waals surface area (Å²) in [6.45, 7) is 3.72. The number of carbonyl (C=O) groups excluding carboxylic acids is 1. The molecule has 0 aliphatic carbocycles. The van der Waals surface area contributed by atoms with E-state index in [1.54, 1.807) is 31.2 Å². The summed E-state index contributed by atoms with van der Waals surface area (Å²) < 4.78 is 20.1. The summed E-state index contributed by atoms with van der Waals surface area (Å²) in [6, 6.07) is 14.3. The van der Waals surface area contributed by atoms with Gasteiger partial charge in [-0.25, -0.2) is 4.21 Å². The number of esters is 1. The van der Waals surface area contributed by atoms with Crippen molar-refractivity contribution < 1.29 is 13.7 Å². The summed E-state index contributed by atoms with van der Waals surface area (Å²) in [5.41, 5.74) is 1.82. The highest BCUT2D eigenvalue weighted by Crippen LogP contribution is 2.18. The van der Waals surface area contributed by atoms with Crippen LogP contribution in [0.3, 0.4) is 0 Å². The Morgan fingerprint density at radius 2 is 1.71 bits per heavy atom. The molecule has 0 spiro atoms.